The third-order valence-electron chi connectivity index (χ3n) is 3.08. The standard InChI is InChI=1S/C16H12Cl2N4O/c1-10-7-15(20-16(23)14-9-12(18)5-6-19-14)22(21-10)13-4-2-3-11(17)8-13/h2-9H,1H3,(H,20,23). The Balaban J connectivity index is 1.93. The van der Waals surface area contributed by atoms with Gasteiger partial charge in [0.1, 0.15) is 11.5 Å². The lowest BCUT2D eigenvalue weighted by molar-refractivity contribution is 0.102. The van der Waals surface area contributed by atoms with Crippen LogP contribution in [0, 0.1) is 6.92 Å². The van der Waals surface area contributed by atoms with Crippen LogP contribution in [0.4, 0.5) is 5.82 Å². The Hall–Kier alpha value is -2.37. The van der Waals surface area contributed by atoms with E-state index >= 15 is 0 Å². The molecule has 0 aliphatic rings. The van der Waals surface area contributed by atoms with E-state index in [9.17, 15) is 4.79 Å². The first-order chi connectivity index (χ1) is 11.0. The molecule has 5 nitrogen and oxygen atoms in total. The predicted molar refractivity (Wildman–Crippen MR) is 90.5 cm³/mol. The van der Waals surface area contributed by atoms with E-state index in [0.29, 0.717) is 15.9 Å². The van der Waals surface area contributed by atoms with Crippen LogP contribution in [0.25, 0.3) is 5.69 Å². The molecule has 0 saturated carbocycles. The SMILES string of the molecule is Cc1cc(NC(=O)c2cc(Cl)ccn2)n(-c2cccc(Cl)c2)n1. The molecule has 1 aromatic carbocycles. The third-order valence-corrected chi connectivity index (χ3v) is 3.55. The van der Waals surface area contributed by atoms with Gasteiger partial charge in [-0.3, -0.25) is 9.78 Å². The maximum Gasteiger partial charge on any atom is 0.275 e. The van der Waals surface area contributed by atoms with Gasteiger partial charge >= 0.3 is 0 Å². The lowest BCUT2D eigenvalue weighted by atomic mass is 10.3. The highest BCUT2D eigenvalue weighted by Crippen LogP contribution is 2.20. The molecule has 0 saturated heterocycles. The average molecular weight is 347 g/mol. The monoisotopic (exact) mass is 346 g/mol. The normalized spacial score (nSPS) is 10.6. The van der Waals surface area contributed by atoms with Crippen molar-refractivity contribution in [3.63, 3.8) is 0 Å². The van der Waals surface area contributed by atoms with Crippen molar-refractivity contribution in [2.24, 2.45) is 0 Å². The third kappa shape index (κ3) is 3.52. The Morgan fingerprint density at radius 2 is 1.91 bits per heavy atom. The maximum atomic E-state index is 12.3. The fourth-order valence-electron chi connectivity index (χ4n) is 2.10. The van der Waals surface area contributed by atoms with Crippen LogP contribution in [0.3, 0.4) is 0 Å². The van der Waals surface area contributed by atoms with E-state index in [1.807, 2.05) is 19.1 Å². The second-order valence-corrected chi connectivity index (χ2v) is 5.75. The summed E-state index contributed by atoms with van der Waals surface area (Å²) in [4.78, 5) is 16.3. The van der Waals surface area contributed by atoms with Gasteiger partial charge in [-0.05, 0) is 37.3 Å². The van der Waals surface area contributed by atoms with E-state index in [2.05, 4.69) is 15.4 Å². The first-order valence-corrected chi connectivity index (χ1v) is 7.54. The number of pyridine rings is 1. The van der Waals surface area contributed by atoms with Crippen LogP contribution < -0.4 is 5.32 Å². The molecule has 116 valence electrons. The van der Waals surface area contributed by atoms with Gasteiger partial charge in [0.15, 0.2) is 0 Å². The van der Waals surface area contributed by atoms with E-state index in [1.54, 1.807) is 28.9 Å². The molecule has 1 N–H and O–H groups in total. The molecule has 3 aromatic rings. The molecule has 2 aromatic heterocycles. The van der Waals surface area contributed by atoms with Crippen LogP contribution in [-0.2, 0) is 0 Å². The minimum atomic E-state index is -0.365. The molecule has 0 unspecified atom stereocenters. The number of aromatic nitrogens is 3. The summed E-state index contributed by atoms with van der Waals surface area (Å²) < 4.78 is 1.61. The number of nitrogens with one attached hydrogen (secondary N) is 1. The average Bonchev–Trinajstić information content (AvgIpc) is 2.88. The molecule has 23 heavy (non-hydrogen) atoms. The van der Waals surface area contributed by atoms with Crippen LogP contribution in [0.1, 0.15) is 16.2 Å². The number of aryl methyl sites for hydroxylation is 1. The highest BCUT2D eigenvalue weighted by atomic mass is 35.5. The smallest absolute Gasteiger partial charge is 0.275 e. The lowest BCUT2D eigenvalue weighted by Crippen LogP contribution is -2.16. The lowest BCUT2D eigenvalue weighted by Gasteiger charge is -2.09. The molecule has 0 aliphatic carbocycles. The highest BCUT2D eigenvalue weighted by molar-refractivity contribution is 6.31. The molecule has 0 fully saturated rings. The number of carbonyl (C=O) groups excluding carboxylic acids is 1. The summed E-state index contributed by atoms with van der Waals surface area (Å²) in [5.41, 5.74) is 1.74. The van der Waals surface area contributed by atoms with Crippen molar-refractivity contribution in [1.82, 2.24) is 14.8 Å². The molecular weight excluding hydrogens is 335 g/mol. The van der Waals surface area contributed by atoms with Crippen molar-refractivity contribution in [3.8, 4) is 5.69 Å². The second-order valence-electron chi connectivity index (χ2n) is 4.88. The number of anilines is 1. The molecule has 0 radical (unpaired) electrons. The predicted octanol–water partition coefficient (Wildman–Crippen LogP) is 4.13. The number of hydrogen-bond acceptors (Lipinski definition) is 3. The van der Waals surface area contributed by atoms with Gasteiger partial charge in [-0.2, -0.15) is 5.10 Å². The first kappa shape index (κ1) is 15.5. The number of halogens is 2. The Kier molecular flexibility index (Phi) is 4.32. The molecule has 0 atom stereocenters. The van der Waals surface area contributed by atoms with Gasteiger partial charge in [0.2, 0.25) is 0 Å². The maximum absolute atomic E-state index is 12.3. The summed E-state index contributed by atoms with van der Waals surface area (Å²) in [7, 11) is 0. The number of benzene rings is 1. The zero-order valence-corrected chi connectivity index (χ0v) is 13.6. The van der Waals surface area contributed by atoms with Crippen LogP contribution in [0.15, 0.2) is 48.7 Å². The molecular formula is C16H12Cl2N4O. The van der Waals surface area contributed by atoms with Crippen molar-refractivity contribution in [1.29, 1.82) is 0 Å². The Bertz CT molecular complexity index is 876. The topological polar surface area (TPSA) is 59.8 Å². The van der Waals surface area contributed by atoms with Crippen LogP contribution in [-0.4, -0.2) is 20.7 Å². The summed E-state index contributed by atoms with van der Waals surface area (Å²) in [5.74, 6) is 0.159. The summed E-state index contributed by atoms with van der Waals surface area (Å²) in [6.07, 6.45) is 1.48. The van der Waals surface area contributed by atoms with Gasteiger partial charge in [0.25, 0.3) is 5.91 Å². The molecule has 1 amide bonds. The molecule has 0 aliphatic heterocycles. The second kappa shape index (κ2) is 6.40. The van der Waals surface area contributed by atoms with E-state index in [1.165, 1.54) is 12.3 Å². The van der Waals surface area contributed by atoms with Gasteiger partial charge in [-0.25, -0.2) is 4.68 Å². The summed E-state index contributed by atoms with van der Waals surface area (Å²) in [5, 5.41) is 8.21. The number of nitrogens with zero attached hydrogens (tertiary/aromatic N) is 3. The molecule has 2 heterocycles. The minimum Gasteiger partial charge on any atom is -0.305 e. The largest absolute Gasteiger partial charge is 0.305 e. The van der Waals surface area contributed by atoms with E-state index in [4.69, 9.17) is 23.2 Å². The first-order valence-electron chi connectivity index (χ1n) is 6.78. The zero-order valence-electron chi connectivity index (χ0n) is 12.1. The van der Waals surface area contributed by atoms with Gasteiger partial charge in [-0.15, -0.1) is 0 Å². The van der Waals surface area contributed by atoms with Crippen molar-refractivity contribution in [2.75, 3.05) is 5.32 Å². The number of amides is 1. The van der Waals surface area contributed by atoms with Crippen molar-refractivity contribution >= 4 is 34.9 Å². The van der Waals surface area contributed by atoms with Gasteiger partial charge in [-0.1, -0.05) is 29.3 Å². The quantitative estimate of drug-likeness (QED) is 0.775. The fourth-order valence-corrected chi connectivity index (χ4v) is 2.45. The molecule has 7 heteroatoms. The highest BCUT2D eigenvalue weighted by Gasteiger charge is 2.13. The van der Waals surface area contributed by atoms with Crippen LogP contribution in [0.5, 0.6) is 0 Å². The van der Waals surface area contributed by atoms with Crippen molar-refractivity contribution < 1.29 is 4.79 Å². The number of carbonyl (C=O) groups is 1. The van der Waals surface area contributed by atoms with Crippen LogP contribution in [0.2, 0.25) is 10.0 Å². The van der Waals surface area contributed by atoms with Crippen molar-refractivity contribution in [2.45, 2.75) is 6.92 Å². The summed E-state index contributed by atoms with van der Waals surface area (Å²) >= 11 is 11.9. The van der Waals surface area contributed by atoms with E-state index in [0.717, 1.165) is 11.4 Å². The van der Waals surface area contributed by atoms with Crippen molar-refractivity contribution in [3.05, 3.63) is 70.1 Å². The molecule has 0 bridgehead atoms. The molecule has 3 rings (SSSR count). The number of hydrogen-bond donors (Lipinski definition) is 1. The van der Waals surface area contributed by atoms with E-state index in [-0.39, 0.29) is 11.6 Å². The van der Waals surface area contributed by atoms with Gasteiger partial charge in [0.05, 0.1) is 11.4 Å². The van der Waals surface area contributed by atoms with E-state index < -0.39 is 0 Å². The van der Waals surface area contributed by atoms with Crippen LogP contribution >= 0.6 is 23.2 Å². The minimum absolute atomic E-state index is 0.231. The summed E-state index contributed by atoms with van der Waals surface area (Å²) in [6, 6.07) is 12.1. The summed E-state index contributed by atoms with van der Waals surface area (Å²) in [6.45, 7) is 1.84. The zero-order chi connectivity index (χ0) is 16.4. The Morgan fingerprint density at radius 1 is 1.13 bits per heavy atom. The Labute approximate surface area is 142 Å². The number of rotatable bonds is 3. The molecule has 0 spiro atoms. The fraction of sp³-hybridized carbons (Fsp3) is 0.0625. The van der Waals surface area contributed by atoms with Gasteiger partial charge in [0, 0.05) is 22.3 Å². The Morgan fingerprint density at radius 3 is 2.65 bits per heavy atom. The van der Waals surface area contributed by atoms with Gasteiger partial charge < -0.3 is 5.32 Å².